The molecule has 0 bridgehead atoms. The number of nitrogens with zero attached hydrogens (tertiary/aromatic N) is 4. The minimum atomic E-state index is -0.255. The van der Waals surface area contributed by atoms with Crippen LogP contribution in [0.15, 0.2) is 36.9 Å². The number of aliphatic hydroxyl groups is 1. The summed E-state index contributed by atoms with van der Waals surface area (Å²) in [7, 11) is 0. The second kappa shape index (κ2) is 6.72. The molecule has 3 aromatic rings. The van der Waals surface area contributed by atoms with Gasteiger partial charge in [0.2, 0.25) is 0 Å². The molecule has 4 N–H and O–H groups in total. The van der Waals surface area contributed by atoms with E-state index in [-0.39, 0.29) is 17.8 Å². The van der Waals surface area contributed by atoms with Gasteiger partial charge in [-0.2, -0.15) is 5.10 Å². The molecule has 3 heterocycles. The number of aromatic nitrogens is 4. The molecule has 1 fully saturated rings. The van der Waals surface area contributed by atoms with Crippen LogP contribution in [-0.4, -0.2) is 43.2 Å². The molecule has 1 saturated carbocycles. The number of carbonyl (C=O) groups is 1. The first-order valence-corrected chi connectivity index (χ1v) is 8.62. The zero-order valence-electron chi connectivity index (χ0n) is 14.2. The third-order valence-electron chi connectivity index (χ3n) is 4.87. The zero-order valence-corrected chi connectivity index (χ0v) is 14.2. The number of hydrogen-bond donors (Lipinski definition) is 3. The minimum Gasteiger partial charge on any atom is -0.393 e. The predicted octanol–water partition coefficient (Wildman–Crippen LogP) is 1.26. The molecular weight excluding hydrogens is 332 g/mol. The third kappa shape index (κ3) is 2.99. The number of nitrogen functional groups attached to an aromatic ring is 1. The molecule has 8 heteroatoms. The van der Waals surface area contributed by atoms with Crippen molar-refractivity contribution in [2.24, 2.45) is 5.92 Å². The number of carbonyl (C=O) groups excluding carboxylic acids is 1. The van der Waals surface area contributed by atoms with Gasteiger partial charge in [0, 0.05) is 24.5 Å². The van der Waals surface area contributed by atoms with E-state index in [1.807, 2.05) is 12.1 Å². The summed E-state index contributed by atoms with van der Waals surface area (Å²) in [5.41, 5.74) is 8.58. The number of rotatable bonds is 4. The maximum atomic E-state index is 12.8. The second-order valence-corrected chi connectivity index (χ2v) is 6.63. The fraction of sp³-hybridized carbons (Fsp3) is 0.333. The Morgan fingerprint density at radius 3 is 2.88 bits per heavy atom. The van der Waals surface area contributed by atoms with Crippen molar-refractivity contribution in [2.75, 3.05) is 12.3 Å². The molecule has 8 nitrogen and oxygen atoms in total. The van der Waals surface area contributed by atoms with Crippen molar-refractivity contribution in [1.82, 2.24) is 24.9 Å². The van der Waals surface area contributed by atoms with Gasteiger partial charge in [-0.25, -0.2) is 9.50 Å². The molecule has 26 heavy (non-hydrogen) atoms. The van der Waals surface area contributed by atoms with Crippen LogP contribution < -0.4 is 11.1 Å². The van der Waals surface area contributed by atoms with Crippen LogP contribution in [-0.2, 0) is 0 Å². The van der Waals surface area contributed by atoms with Gasteiger partial charge in [-0.05, 0) is 43.4 Å². The molecule has 1 aliphatic carbocycles. The van der Waals surface area contributed by atoms with Crippen LogP contribution in [0.5, 0.6) is 0 Å². The number of aliphatic hydroxyl groups excluding tert-OH is 1. The Morgan fingerprint density at radius 2 is 2.15 bits per heavy atom. The maximum absolute atomic E-state index is 12.8. The summed E-state index contributed by atoms with van der Waals surface area (Å²) in [4.78, 5) is 20.8. The number of hydrogen-bond acceptors (Lipinski definition) is 6. The van der Waals surface area contributed by atoms with Crippen LogP contribution in [0.25, 0.3) is 16.8 Å². The SMILES string of the molecule is Nc1ncnn2c(-c3ccncc3)cc(C(=O)NC[C@@H]3CC[C@@H](O)C3)c12. The van der Waals surface area contributed by atoms with Gasteiger partial charge in [0.25, 0.3) is 5.91 Å². The molecule has 1 aliphatic rings. The molecule has 0 unspecified atom stereocenters. The van der Waals surface area contributed by atoms with Gasteiger partial charge >= 0.3 is 0 Å². The number of nitrogens with one attached hydrogen (secondary N) is 1. The van der Waals surface area contributed by atoms with Crippen LogP contribution in [0.3, 0.4) is 0 Å². The molecule has 0 saturated heterocycles. The molecular formula is C18H20N6O2. The third-order valence-corrected chi connectivity index (χ3v) is 4.87. The standard InChI is InChI=1S/C18H20N6O2/c19-17-16-14(18(26)21-9-11-1-2-13(25)7-11)8-15(24(16)23-10-22-17)12-3-5-20-6-4-12/h3-6,8,10-11,13,25H,1-2,7,9H2,(H,21,26)(H2,19,22,23)/t11-,13-/m1/s1. The lowest BCUT2D eigenvalue weighted by Gasteiger charge is -2.10. The van der Waals surface area contributed by atoms with E-state index in [0.29, 0.717) is 23.5 Å². The van der Waals surface area contributed by atoms with Crippen molar-refractivity contribution in [1.29, 1.82) is 0 Å². The topological polar surface area (TPSA) is 118 Å². The van der Waals surface area contributed by atoms with E-state index >= 15 is 0 Å². The average Bonchev–Trinajstić information content (AvgIpc) is 3.25. The molecule has 3 aromatic heterocycles. The van der Waals surface area contributed by atoms with Crippen molar-refractivity contribution in [3.63, 3.8) is 0 Å². The van der Waals surface area contributed by atoms with E-state index in [9.17, 15) is 9.90 Å². The van der Waals surface area contributed by atoms with Crippen LogP contribution in [0.2, 0.25) is 0 Å². The van der Waals surface area contributed by atoms with Crippen molar-refractivity contribution < 1.29 is 9.90 Å². The lowest BCUT2D eigenvalue weighted by Crippen LogP contribution is -2.28. The smallest absolute Gasteiger partial charge is 0.253 e. The van der Waals surface area contributed by atoms with Gasteiger partial charge in [-0.15, -0.1) is 0 Å². The minimum absolute atomic E-state index is 0.217. The van der Waals surface area contributed by atoms with E-state index in [0.717, 1.165) is 30.5 Å². The summed E-state index contributed by atoms with van der Waals surface area (Å²) in [6.07, 6.45) is 6.93. The highest BCUT2D eigenvalue weighted by atomic mass is 16.3. The lowest BCUT2D eigenvalue weighted by molar-refractivity contribution is 0.0947. The van der Waals surface area contributed by atoms with E-state index in [2.05, 4.69) is 20.4 Å². The van der Waals surface area contributed by atoms with Crippen LogP contribution in [0.1, 0.15) is 29.6 Å². The lowest BCUT2D eigenvalue weighted by atomic mass is 10.1. The number of nitrogens with two attached hydrogens (primary N) is 1. The fourth-order valence-electron chi connectivity index (χ4n) is 3.54. The molecule has 134 valence electrons. The summed E-state index contributed by atoms with van der Waals surface area (Å²) in [6.45, 7) is 0.533. The van der Waals surface area contributed by atoms with E-state index < -0.39 is 0 Å². The second-order valence-electron chi connectivity index (χ2n) is 6.63. The zero-order chi connectivity index (χ0) is 18.1. The molecule has 2 atom stereocenters. The van der Waals surface area contributed by atoms with Gasteiger partial charge in [0.1, 0.15) is 11.8 Å². The first kappa shape index (κ1) is 16.5. The highest BCUT2D eigenvalue weighted by molar-refractivity contribution is 6.05. The predicted molar refractivity (Wildman–Crippen MR) is 96.3 cm³/mol. The normalized spacial score (nSPS) is 19.7. The average molecular weight is 352 g/mol. The highest BCUT2D eigenvalue weighted by Gasteiger charge is 2.25. The summed E-state index contributed by atoms with van der Waals surface area (Å²) < 4.78 is 1.63. The van der Waals surface area contributed by atoms with E-state index in [1.54, 1.807) is 23.0 Å². The molecule has 0 aliphatic heterocycles. The quantitative estimate of drug-likeness (QED) is 0.650. The molecule has 0 aromatic carbocycles. The summed E-state index contributed by atoms with van der Waals surface area (Å²) >= 11 is 0. The van der Waals surface area contributed by atoms with Crippen LogP contribution in [0.4, 0.5) is 5.82 Å². The monoisotopic (exact) mass is 352 g/mol. The molecule has 0 spiro atoms. The van der Waals surface area contributed by atoms with Crippen LogP contribution in [0, 0.1) is 5.92 Å². The summed E-state index contributed by atoms with van der Waals surface area (Å²) in [5.74, 6) is 0.337. The van der Waals surface area contributed by atoms with Gasteiger partial charge in [-0.1, -0.05) is 0 Å². The molecule has 0 radical (unpaired) electrons. The van der Waals surface area contributed by atoms with Gasteiger partial charge in [-0.3, -0.25) is 9.78 Å². The Hall–Kier alpha value is -3.00. The number of amides is 1. The first-order chi connectivity index (χ1) is 12.6. The molecule has 1 amide bonds. The van der Waals surface area contributed by atoms with Crippen molar-refractivity contribution in [3.05, 3.63) is 42.5 Å². The van der Waals surface area contributed by atoms with Crippen LogP contribution >= 0.6 is 0 Å². The van der Waals surface area contributed by atoms with Gasteiger partial charge in [0.15, 0.2) is 5.82 Å². The first-order valence-electron chi connectivity index (χ1n) is 8.62. The largest absolute Gasteiger partial charge is 0.393 e. The Morgan fingerprint density at radius 1 is 1.35 bits per heavy atom. The summed E-state index contributed by atoms with van der Waals surface area (Å²) in [5, 5.41) is 16.9. The van der Waals surface area contributed by atoms with E-state index in [1.165, 1.54) is 6.33 Å². The van der Waals surface area contributed by atoms with Gasteiger partial charge < -0.3 is 16.2 Å². The molecule has 4 rings (SSSR count). The van der Waals surface area contributed by atoms with Crippen molar-refractivity contribution in [2.45, 2.75) is 25.4 Å². The maximum Gasteiger partial charge on any atom is 0.253 e. The Bertz CT molecular complexity index is 940. The number of anilines is 1. The number of pyridine rings is 1. The van der Waals surface area contributed by atoms with Crippen molar-refractivity contribution >= 4 is 17.2 Å². The highest BCUT2D eigenvalue weighted by Crippen LogP contribution is 2.28. The Kier molecular flexibility index (Phi) is 4.26. The Labute approximate surface area is 150 Å². The van der Waals surface area contributed by atoms with Gasteiger partial charge in [0.05, 0.1) is 17.4 Å². The fourth-order valence-corrected chi connectivity index (χ4v) is 3.54. The summed E-state index contributed by atoms with van der Waals surface area (Å²) in [6, 6.07) is 5.47. The van der Waals surface area contributed by atoms with E-state index in [4.69, 9.17) is 5.73 Å². The van der Waals surface area contributed by atoms with Crippen molar-refractivity contribution in [3.8, 4) is 11.3 Å². The Balaban J connectivity index is 1.67. The number of fused-ring (bicyclic) bond motifs is 1.